The van der Waals surface area contributed by atoms with E-state index in [1.807, 2.05) is 54.8 Å². The fourth-order valence-electron chi connectivity index (χ4n) is 2.99. The standard InChI is InChI=1S/C18H22N2O3S/c1-4-19-16-8-6-7-9-17(16)20(5-2)18(19)23-24(21,22)15-12-10-14(3)11-13-15/h6-13,18H,4-5H2,1-3H3. The third kappa shape index (κ3) is 2.87. The third-order valence-corrected chi connectivity index (χ3v) is 5.51. The fraction of sp³-hybridized carbons (Fsp3) is 0.333. The van der Waals surface area contributed by atoms with Crippen LogP contribution in [0, 0.1) is 6.92 Å². The predicted octanol–water partition coefficient (Wildman–Crippen LogP) is 3.35. The Kier molecular flexibility index (Phi) is 4.51. The Morgan fingerprint density at radius 2 is 1.42 bits per heavy atom. The molecule has 0 saturated heterocycles. The molecule has 0 fully saturated rings. The van der Waals surface area contributed by atoms with Gasteiger partial charge in [0.25, 0.3) is 10.1 Å². The number of benzene rings is 2. The van der Waals surface area contributed by atoms with Crippen molar-refractivity contribution in [3.63, 3.8) is 0 Å². The highest BCUT2D eigenvalue weighted by molar-refractivity contribution is 7.86. The Balaban J connectivity index is 1.95. The first-order valence-electron chi connectivity index (χ1n) is 8.10. The van der Waals surface area contributed by atoms with E-state index in [-0.39, 0.29) is 4.90 Å². The summed E-state index contributed by atoms with van der Waals surface area (Å²) in [7, 11) is -3.85. The van der Waals surface area contributed by atoms with Crippen LogP contribution in [0.3, 0.4) is 0 Å². The molecule has 2 aromatic rings. The van der Waals surface area contributed by atoms with E-state index in [0.29, 0.717) is 13.1 Å². The van der Waals surface area contributed by atoms with Crippen LogP contribution in [0.15, 0.2) is 53.4 Å². The average Bonchev–Trinajstić information content (AvgIpc) is 2.86. The van der Waals surface area contributed by atoms with Crippen LogP contribution in [0.2, 0.25) is 0 Å². The molecule has 0 spiro atoms. The predicted molar refractivity (Wildman–Crippen MR) is 95.7 cm³/mol. The molecule has 2 aromatic carbocycles. The molecule has 0 unspecified atom stereocenters. The molecule has 128 valence electrons. The Morgan fingerprint density at radius 1 is 0.917 bits per heavy atom. The van der Waals surface area contributed by atoms with Crippen molar-refractivity contribution in [3.05, 3.63) is 54.1 Å². The Labute approximate surface area is 143 Å². The van der Waals surface area contributed by atoms with Crippen molar-refractivity contribution < 1.29 is 12.6 Å². The van der Waals surface area contributed by atoms with E-state index in [1.54, 1.807) is 24.3 Å². The molecule has 1 aliphatic rings. The van der Waals surface area contributed by atoms with E-state index in [9.17, 15) is 8.42 Å². The van der Waals surface area contributed by atoms with E-state index in [1.165, 1.54) is 0 Å². The summed E-state index contributed by atoms with van der Waals surface area (Å²) in [5, 5.41) is 0. The van der Waals surface area contributed by atoms with Gasteiger partial charge in [-0.25, -0.2) is 4.18 Å². The lowest BCUT2D eigenvalue weighted by molar-refractivity contribution is 0.207. The van der Waals surface area contributed by atoms with Gasteiger partial charge in [0.2, 0.25) is 6.35 Å². The van der Waals surface area contributed by atoms with Crippen LogP contribution in [0.5, 0.6) is 0 Å². The van der Waals surface area contributed by atoms with Gasteiger partial charge in [0.05, 0.1) is 16.3 Å². The molecule has 6 heteroatoms. The zero-order valence-electron chi connectivity index (χ0n) is 14.1. The van der Waals surface area contributed by atoms with Crippen molar-refractivity contribution in [2.24, 2.45) is 0 Å². The summed E-state index contributed by atoms with van der Waals surface area (Å²) in [5.74, 6) is 0. The molecule has 3 rings (SSSR count). The molecule has 0 radical (unpaired) electrons. The highest BCUT2D eigenvalue weighted by atomic mass is 32.2. The minimum atomic E-state index is -3.85. The molecule has 5 nitrogen and oxygen atoms in total. The number of para-hydroxylation sites is 2. The summed E-state index contributed by atoms with van der Waals surface area (Å²) < 4.78 is 31.0. The van der Waals surface area contributed by atoms with Crippen LogP contribution in [0.4, 0.5) is 11.4 Å². The Bertz CT molecular complexity index is 787. The Morgan fingerprint density at radius 3 is 1.88 bits per heavy atom. The first-order chi connectivity index (χ1) is 11.5. The average molecular weight is 346 g/mol. The molecule has 0 amide bonds. The lowest BCUT2D eigenvalue weighted by Gasteiger charge is -2.30. The largest absolute Gasteiger partial charge is 0.326 e. The van der Waals surface area contributed by atoms with Crippen LogP contribution in [-0.2, 0) is 14.3 Å². The number of rotatable bonds is 5. The molecular formula is C18H22N2O3S. The molecule has 1 aliphatic heterocycles. The molecule has 0 N–H and O–H groups in total. The summed E-state index contributed by atoms with van der Waals surface area (Å²) in [5.41, 5.74) is 2.99. The van der Waals surface area contributed by atoms with Gasteiger partial charge in [0.15, 0.2) is 0 Å². The summed E-state index contributed by atoms with van der Waals surface area (Å²) in [6, 6.07) is 14.6. The van der Waals surface area contributed by atoms with Crippen LogP contribution in [0.1, 0.15) is 19.4 Å². The smallest absolute Gasteiger partial charge is 0.300 e. The lowest BCUT2D eigenvalue weighted by Crippen LogP contribution is -2.46. The number of nitrogens with zero attached hydrogens (tertiary/aromatic N) is 2. The van der Waals surface area contributed by atoms with Crippen molar-refractivity contribution >= 4 is 21.5 Å². The van der Waals surface area contributed by atoms with E-state index in [2.05, 4.69) is 0 Å². The zero-order valence-corrected chi connectivity index (χ0v) is 15.0. The van der Waals surface area contributed by atoms with Crippen LogP contribution < -0.4 is 9.80 Å². The van der Waals surface area contributed by atoms with Crippen molar-refractivity contribution in [3.8, 4) is 0 Å². The maximum atomic E-state index is 12.7. The normalized spacial score (nSPS) is 15.0. The van der Waals surface area contributed by atoms with Gasteiger partial charge in [-0.3, -0.25) is 0 Å². The number of fused-ring (bicyclic) bond motifs is 1. The highest BCUT2D eigenvalue weighted by Gasteiger charge is 2.38. The maximum Gasteiger partial charge on any atom is 0.300 e. The van der Waals surface area contributed by atoms with Gasteiger partial charge in [0, 0.05) is 13.1 Å². The van der Waals surface area contributed by atoms with E-state index >= 15 is 0 Å². The highest BCUT2D eigenvalue weighted by Crippen LogP contribution is 2.40. The topological polar surface area (TPSA) is 49.9 Å². The summed E-state index contributed by atoms with van der Waals surface area (Å²) in [6.45, 7) is 7.21. The fourth-order valence-corrected chi connectivity index (χ4v) is 4.00. The van der Waals surface area contributed by atoms with E-state index < -0.39 is 16.5 Å². The van der Waals surface area contributed by atoms with Crippen molar-refractivity contribution in [2.45, 2.75) is 32.0 Å². The molecule has 0 atom stereocenters. The minimum absolute atomic E-state index is 0.177. The van der Waals surface area contributed by atoms with E-state index in [4.69, 9.17) is 4.18 Å². The van der Waals surface area contributed by atoms with Crippen molar-refractivity contribution in [2.75, 3.05) is 22.9 Å². The van der Waals surface area contributed by atoms with Gasteiger partial charge in [-0.05, 0) is 45.0 Å². The van der Waals surface area contributed by atoms with E-state index in [0.717, 1.165) is 16.9 Å². The summed E-state index contributed by atoms with van der Waals surface area (Å²) in [6.07, 6.45) is -0.663. The quantitative estimate of drug-likeness (QED) is 0.777. The van der Waals surface area contributed by atoms with Gasteiger partial charge in [-0.15, -0.1) is 0 Å². The number of hydrogen-bond donors (Lipinski definition) is 0. The molecule has 0 bridgehead atoms. The summed E-state index contributed by atoms with van der Waals surface area (Å²) in [4.78, 5) is 4.10. The summed E-state index contributed by atoms with van der Waals surface area (Å²) >= 11 is 0. The number of aryl methyl sites for hydroxylation is 1. The molecule has 0 aromatic heterocycles. The van der Waals surface area contributed by atoms with Crippen LogP contribution >= 0.6 is 0 Å². The second-order valence-electron chi connectivity index (χ2n) is 5.75. The molecule has 1 heterocycles. The van der Waals surface area contributed by atoms with Crippen molar-refractivity contribution in [1.29, 1.82) is 0 Å². The maximum absolute atomic E-state index is 12.7. The SMILES string of the molecule is CCN1c2ccccc2N(CC)C1OS(=O)(=O)c1ccc(C)cc1. The second kappa shape index (κ2) is 6.45. The first-order valence-corrected chi connectivity index (χ1v) is 9.51. The number of anilines is 2. The molecular weight excluding hydrogens is 324 g/mol. The van der Waals surface area contributed by atoms with Gasteiger partial charge in [0.1, 0.15) is 0 Å². The zero-order chi connectivity index (χ0) is 17.3. The van der Waals surface area contributed by atoms with Crippen LogP contribution in [0.25, 0.3) is 0 Å². The van der Waals surface area contributed by atoms with Gasteiger partial charge >= 0.3 is 0 Å². The minimum Gasteiger partial charge on any atom is -0.326 e. The molecule has 0 aliphatic carbocycles. The van der Waals surface area contributed by atoms with Gasteiger partial charge < -0.3 is 9.80 Å². The number of hydrogen-bond acceptors (Lipinski definition) is 5. The Hall–Kier alpha value is -2.05. The first kappa shape index (κ1) is 16.8. The lowest BCUT2D eigenvalue weighted by atomic mass is 10.2. The second-order valence-corrected chi connectivity index (χ2v) is 7.32. The monoisotopic (exact) mass is 346 g/mol. The molecule has 24 heavy (non-hydrogen) atoms. The van der Waals surface area contributed by atoms with Crippen molar-refractivity contribution in [1.82, 2.24) is 0 Å². The van der Waals surface area contributed by atoms with Crippen LogP contribution in [-0.4, -0.2) is 27.9 Å². The third-order valence-electron chi connectivity index (χ3n) is 4.24. The van der Waals surface area contributed by atoms with Gasteiger partial charge in [-0.1, -0.05) is 29.8 Å². The van der Waals surface area contributed by atoms with Gasteiger partial charge in [-0.2, -0.15) is 8.42 Å². The molecule has 0 saturated carbocycles.